The van der Waals surface area contributed by atoms with Gasteiger partial charge in [-0.3, -0.25) is 15.0 Å². The van der Waals surface area contributed by atoms with E-state index in [1.165, 1.54) is 5.57 Å². The van der Waals surface area contributed by atoms with E-state index >= 15 is 0 Å². The van der Waals surface area contributed by atoms with Gasteiger partial charge in [-0.2, -0.15) is 13.2 Å². The molecule has 0 amide bonds. The summed E-state index contributed by atoms with van der Waals surface area (Å²) in [7, 11) is 0. The van der Waals surface area contributed by atoms with Crippen molar-refractivity contribution in [1.29, 1.82) is 0 Å². The van der Waals surface area contributed by atoms with Crippen molar-refractivity contribution in [2.24, 2.45) is 27.7 Å². The van der Waals surface area contributed by atoms with Crippen molar-refractivity contribution in [2.75, 3.05) is 13.1 Å². The first kappa shape index (κ1) is 30.7. The average Bonchev–Trinajstić information content (AvgIpc) is 3.77. The van der Waals surface area contributed by atoms with Crippen molar-refractivity contribution < 1.29 is 13.2 Å². The van der Waals surface area contributed by atoms with Crippen molar-refractivity contribution in [3.05, 3.63) is 77.3 Å². The van der Waals surface area contributed by atoms with Crippen LogP contribution in [0.5, 0.6) is 0 Å². The fourth-order valence-electron chi connectivity index (χ4n) is 5.55. The van der Waals surface area contributed by atoms with Crippen molar-refractivity contribution in [3.8, 4) is 0 Å². The molecular formula is C34H43F3N4. The highest BCUT2D eigenvalue weighted by Gasteiger charge is 2.36. The zero-order chi connectivity index (χ0) is 29.2. The summed E-state index contributed by atoms with van der Waals surface area (Å²) in [6.45, 7) is 7.89. The van der Waals surface area contributed by atoms with Gasteiger partial charge in [0.2, 0.25) is 0 Å². The number of aromatic nitrogens is 1. The van der Waals surface area contributed by atoms with Gasteiger partial charge in [-0.1, -0.05) is 55.9 Å². The smallest absolute Gasteiger partial charge is 0.380 e. The predicted molar refractivity (Wildman–Crippen MR) is 165 cm³/mol. The van der Waals surface area contributed by atoms with Gasteiger partial charge >= 0.3 is 6.18 Å². The molecule has 7 heteroatoms. The number of nitrogens with one attached hydrogen (secondary N) is 1. The molecule has 41 heavy (non-hydrogen) atoms. The van der Waals surface area contributed by atoms with Crippen LogP contribution in [0.2, 0.25) is 0 Å². The molecule has 1 aromatic heterocycles. The number of allylic oxidation sites excluding steroid dienone is 8. The lowest BCUT2D eigenvalue weighted by atomic mass is 9.88. The fraction of sp³-hybridized carbons (Fsp3) is 0.500. The Hall–Kier alpha value is -3.22. The van der Waals surface area contributed by atoms with E-state index in [0.29, 0.717) is 17.5 Å². The van der Waals surface area contributed by atoms with Gasteiger partial charge in [-0.15, -0.1) is 0 Å². The summed E-state index contributed by atoms with van der Waals surface area (Å²) in [4.78, 5) is 13.9. The molecule has 0 bridgehead atoms. The molecule has 1 aromatic rings. The van der Waals surface area contributed by atoms with Gasteiger partial charge in [0.05, 0.1) is 11.4 Å². The third kappa shape index (κ3) is 9.40. The molecule has 2 unspecified atom stereocenters. The van der Waals surface area contributed by atoms with Crippen LogP contribution in [0.3, 0.4) is 0 Å². The number of nitrogens with zero attached hydrogens (tertiary/aromatic N) is 3. The Morgan fingerprint density at radius 2 is 2.00 bits per heavy atom. The Morgan fingerprint density at radius 3 is 2.76 bits per heavy atom. The van der Waals surface area contributed by atoms with E-state index in [9.17, 15) is 13.2 Å². The number of aryl methyl sites for hydroxylation is 1. The van der Waals surface area contributed by atoms with E-state index < -0.39 is 12.7 Å². The van der Waals surface area contributed by atoms with E-state index in [2.05, 4.69) is 54.2 Å². The minimum atomic E-state index is -4.26. The number of aliphatic imine (C=N–C) groups is 2. The quantitative estimate of drug-likeness (QED) is 0.273. The van der Waals surface area contributed by atoms with E-state index in [1.54, 1.807) is 0 Å². The van der Waals surface area contributed by atoms with Crippen molar-refractivity contribution in [3.63, 3.8) is 0 Å². The molecule has 2 atom stereocenters. The van der Waals surface area contributed by atoms with Crippen molar-refractivity contribution in [1.82, 2.24) is 10.3 Å². The average molecular weight is 565 g/mol. The molecule has 1 N–H and O–H groups in total. The first-order valence-corrected chi connectivity index (χ1v) is 15.0. The normalized spacial score (nSPS) is 22.1. The molecule has 0 spiro atoms. The van der Waals surface area contributed by atoms with Crippen LogP contribution in [-0.4, -0.2) is 36.7 Å². The summed E-state index contributed by atoms with van der Waals surface area (Å²) in [5.41, 5.74) is 6.77. The van der Waals surface area contributed by atoms with Gasteiger partial charge in [0.1, 0.15) is 6.54 Å². The Kier molecular flexibility index (Phi) is 10.9. The summed E-state index contributed by atoms with van der Waals surface area (Å²) in [5, 5.41) is 2.58. The van der Waals surface area contributed by atoms with Gasteiger partial charge in [0, 0.05) is 42.3 Å². The number of rotatable bonds is 11. The summed E-state index contributed by atoms with van der Waals surface area (Å²) < 4.78 is 38.7. The Balaban J connectivity index is 1.53. The molecule has 0 aromatic carbocycles. The Morgan fingerprint density at radius 1 is 1.20 bits per heavy atom. The second-order valence-electron chi connectivity index (χ2n) is 11.4. The molecular weight excluding hydrogens is 521 g/mol. The molecule has 0 radical (unpaired) electrons. The lowest BCUT2D eigenvalue weighted by molar-refractivity contribution is -0.123. The van der Waals surface area contributed by atoms with Crippen LogP contribution in [0.25, 0.3) is 5.57 Å². The fourth-order valence-corrected chi connectivity index (χ4v) is 5.55. The van der Waals surface area contributed by atoms with Crippen LogP contribution in [-0.2, 0) is 0 Å². The van der Waals surface area contributed by atoms with E-state index in [0.717, 1.165) is 92.4 Å². The highest BCUT2D eigenvalue weighted by molar-refractivity contribution is 6.12. The standard InChI is InChI=1S/C34H43F3N4/c1-4-5-17-40-33-25(3)39-19-16-31(33)30-21-27(15-18-38-22-30)20-26-9-7-6-8-10-28(12-11-26)32(29-13-14-29)24(2)41-23-34(35,36)37/h9-12,16-17,19,21-22,27,29,32,41H,2,4-8,13-15,18,20,23H2,1,3H3/b12-11?,26-9-,28-10?,40-17?. The lowest BCUT2D eigenvalue weighted by Gasteiger charge is -2.23. The van der Waals surface area contributed by atoms with Crippen LogP contribution in [0, 0.1) is 24.7 Å². The van der Waals surface area contributed by atoms with Crippen molar-refractivity contribution in [2.45, 2.75) is 77.8 Å². The summed E-state index contributed by atoms with van der Waals surface area (Å²) in [6, 6.07) is 2.03. The zero-order valence-corrected chi connectivity index (χ0v) is 24.4. The summed E-state index contributed by atoms with van der Waals surface area (Å²) in [5.74, 6) is 0.572. The first-order chi connectivity index (χ1) is 19.7. The Bertz CT molecular complexity index is 1240. The topological polar surface area (TPSA) is 49.6 Å². The molecule has 3 aliphatic rings. The maximum Gasteiger partial charge on any atom is 0.405 e. The van der Waals surface area contributed by atoms with Gasteiger partial charge in [0.25, 0.3) is 0 Å². The molecule has 1 saturated carbocycles. The molecule has 1 fully saturated rings. The highest BCUT2D eigenvalue weighted by atomic mass is 19.4. The molecule has 2 aliphatic carbocycles. The van der Waals surface area contributed by atoms with Gasteiger partial charge in [0.15, 0.2) is 0 Å². The molecule has 4 rings (SSSR count). The van der Waals surface area contributed by atoms with Gasteiger partial charge < -0.3 is 5.32 Å². The number of hydrogen-bond donors (Lipinski definition) is 1. The van der Waals surface area contributed by atoms with Crippen LogP contribution >= 0.6 is 0 Å². The second kappa shape index (κ2) is 14.6. The van der Waals surface area contributed by atoms with E-state index in [1.807, 2.05) is 31.6 Å². The summed E-state index contributed by atoms with van der Waals surface area (Å²) >= 11 is 0. The first-order valence-electron chi connectivity index (χ1n) is 15.0. The SMILES string of the molecule is C=C(NCC(F)(F)F)C(C1=CCCC/C=C(\CC2C=C(c3ccnc(C)c3N=CCCC)C=NCC2)C=C1)C1CC1. The third-order valence-electron chi connectivity index (χ3n) is 7.86. The monoisotopic (exact) mass is 564 g/mol. The predicted octanol–water partition coefficient (Wildman–Crippen LogP) is 9.04. The maximum atomic E-state index is 12.9. The van der Waals surface area contributed by atoms with Crippen molar-refractivity contribution >= 4 is 23.7 Å². The van der Waals surface area contributed by atoms with Gasteiger partial charge in [-0.25, -0.2) is 0 Å². The van der Waals surface area contributed by atoms with Gasteiger partial charge in [-0.05, 0) is 87.3 Å². The van der Waals surface area contributed by atoms with Crippen LogP contribution in [0.1, 0.15) is 76.0 Å². The van der Waals surface area contributed by atoms with E-state index in [4.69, 9.17) is 9.98 Å². The number of halogens is 3. The molecule has 4 nitrogen and oxygen atoms in total. The maximum absolute atomic E-state index is 12.9. The van der Waals surface area contributed by atoms with Crippen LogP contribution in [0.4, 0.5) is 18.9 Å². The molecule has 0 saturated heterocycles. The molecule has 1 aliphatic heterocycles. The number of pyridine rings is 1. The van der Waals surface area contributed by atoms with Crippen LogP contribution < -0.4 is 5.32 Å². The minimum absolute atomic E-state index is 0.0904. The zero-order valence-electron chi connectivity index (χ0n) is 24.4. The van der Waals surface area contributed by atoms with Crippen LogP contribution in [0.15, 0.2) is 76.1 Å². The third-order valence-corrected chi connectivity index (χ3v) is 7.86. The Labute approximate surface area is 243 Å². The number of hydrogen-bond acceptors (Lipinski definition) is 4. The summed E-state index contributed by atoms with van der Waals surface area (Å²) in [6.07, 6.45) is 21.5. The molecule has 2 heterocycles. The number of unbranched alkanes of at least 4 members (excludes halogenated alkanes) is 1. The number of alkyl halides is 3. The molecule has 220 valence electrons. The second-order valence-corrected chi connectivity index (χ2v) is 11.4. The minimum Gasteiger partial charge on any atom is -0.380 e. The largest absolute Gasteiger partial charge is 0.405 e. The highest BCUT2D eigenvalue weighted by Crippen LogP contribution is 2.44. The van der Waals surface area contributed by atoms with E-state index in [-0.39, 0.29) is 5.92 Å². The lowest BCUT2D eigenvalue weighted by Crippen LogP contribution is -2.31.